The molecule has 3 heteroatoms. The number of alkyl halides is 3. The molecule has 0 aliphatic rings. The average Bonchev–Trinajstić information content (AvgIpc) is 2.34. The second-order valence-electron chi connectivity index (χ2n) is 5.61. The molecule has 0 rings (SSSR count). The van der Waals surface area contributed by atoms with Crippen molar-refractivity contribution in [1.29, 1.82) is 0 Å². The highest BCUT2D eigenvalue weighted by Crippen LogP contribution is 2.23. The van der Waals surface area contributed by atoms with E-state index in [9.17, 15) is 13.2 Å². The van der Waals surface area contributed by atoms with E-state index in [2.05, 4.69) is 6.92 Å². The van der Waals surface area contributed by atoms with Gasteiger partial charge in [-0.05, 0) is 6.42 Å². The number of hydrogen-bond donors (Lipinski definition) is 0. The normalized spacial score (nSPS) is 12.0. The Bertz CT molecular complexity index is 175. The van der Waals surface area contributed by atoms with Crippen molar-refractivity contribution in [1.82, 2.24) is 0 Å². The van der Waals surface area contributed by atoms with Crippen LogP contribution in [0.2, 0.25) is 0 Å². The summed E-state index contributed by atoms with van der Waals surface area (Å²) in [6, 6.07) is 0. The fourth-order valence-electron chi connectivity index (χ4n) is 2.34. The first-order valence-electron chi connectivity index (χ1n) is 8.13. The molecular formula is C16H31F3. The van der Waals surface area contributed by atoms with Crippen LogP contribution in [0.15, 0.2) is 0 Å². The first kappa shape index (κ1) is 18.8. The number of hydrogen-bond acceptors (Lipinski definition) is 0. The molecule has 0 nitrogen and oxygen atoms in total. The third-order valence-corrected chi connectivity index (χ3v) is 3.56. The van der Waals surface area contributed by atoms with Crippen LogP contribution in [-0.4, -0.2) is 6.18 Å². The van der Waals surface area contributed by atoms with Gasteiger partial charge in [-0.1, -0.05) is 84.0 Å². The lowest BCUT2D eigenvalue weighted by atomic mass is 10.0. The molecule has 0 amide bonds. The fraction of sp³-hybridized carbons (Fsp3) is 1.00. The van der Waals surface area contributed by atoms with E-state index in [1.165, 1.54) is 57.8 Å². The Hall–Kier alpha value is -0.210. The van der Waals surface area contributed by atoms with Gasteiger partial charge in [0.05, 0.1) is 0 Å². The molecule has 0 saturated heterocycles. The Labute approximate surface area is 117 Å². The van der Waals surface area contributed by atoms with Gasteiger partial charge in [-0.3, -0.25) is 0 Å². The highest BCUT2D eigenvalue weighted by atomic mass is 19.4. The van der Waals surface area contributed by atoms with Crippen LogP contribution < -0.4 is 0 Å². The molecule has 0 saturated carbocycles. The van der Waals surface area contributed by atoms with Crippen LogP contribution in [-0.2, 0) is 0 Å². The Morgan fingerprint density at radius 2 is 0.842 bits per heavy atom. The monoisotopic (exact) mass is 280 g/mol. The minimum Gasteiger partial charge on any atom is -0.171 e. The molecule has 0 aromatic rings. The van der Waals surface area contributed by atoms with Crippen LogP contribution in [0.1, 0.15) is 96.8 Å². The zero-order valence-corrected chi connectivity index (χ0v) is 12.5. The molecule has 0 spiro atoms. The lowest BCUT2D eigenvalue weighted by Crippen LogP contribution is -2.06. The minimum absolute atomic E-state index is 0.306. The first-order chi connectivity index (χ1) is 9.06. The summed E-state index contributed by atoms with van der Waals surface area (Å²) in [5, 5.41) is 0. The van der Waals surface area contributed by atoms with E-state index in [1.807, 2.05) is 0 Å². The highest BCUT2D eigenvalue weighted by Gasteiger charge is 2.25. The van der Waals surface area contributed by atoms with E-state index in [0.717, 1.165) is 19.3 Å². The molecule has 0 heterocycles. The predicted molar refractivity (Wildman–Crippen MR) is 76.4 cm³/mol. The third kappa shape index (κ3) is 17.8. The number of halogens is 3. The summed E-state index contributed by atoms with van der Waals surface area (Å²) in [5.41, 5.74) is 0. The van der Waals surface area contributed by atoms with Gasteiger partial charge in [0.15, 0.2) is 0 Å². The molecule has 0 N–H and O–H groups in total. The summed E-state index contributed by atoms with van der Waals surface area (Å²) in [6.07, 6.45) is 10.4. The molecule has 0 atom stereocenters. The second-order valence-corrected chi connectivity index (χ2v) is 5.61. The van der Waals surface area contributed by atoms with Crippen molar-refractivity contribution >= 4 is 0 Å². The second kappa shape index (κ2) is 12.8. The van der Waals surface area contributed by atoms with Crippen molar-refractivity contribution in [2.45, 2.75) is 103 Å². The smallest absolute Gasteiger partial charge is 0.171 e. The molecule has 0 bridgehead atoms. The predicted octanol–water partition coefficient (Wildman–Crippen LogP) is 7.03. The first-order valence-corrected chi connectivity index (χ1v) is 8.13. The van der Waals surface area contributed by atoms with E-state index < -0.39 is 12.6 Å². The van der Waals surface area contributed by atoms with E-state index in [4.69, 9.17) is 0 Å². The third-order valence-electron chi connectivity index (χ3n) is 3.56. The van der Waals surface area contributed by atoms with Gasteiger partial charge in [-0.15, -0.1) is 0 Å². The van der Waals surface area contributed by atoms with E-state index in [0.29, 0.717) is 6.42 Å². The van der Waals surface area contributed by atoms with Crippen LogP contribution in [0.5, 0.6) is 0 Å². The van der Waals surface area contributed by atoms with Gasteiger partial charge in [-0.25, -0.2) is 0 Å². The standard InChI is InChI=1S/C16H31F3/c1-2-3-4-5-6-7-8-9-10-11-12-13-14-15-16(17,18)19/h2-15H2,1H3. The van der Waals surface area contributed by atoms with Crippen LogP contribution in [0.4, 0.5) is 13.2 Å². The van der Waals surface area contributed by atoms with Crippen molar-refractivity contribution in [2.24, 2.45) is 0 Å². The van der Waals surface area contributed by atoms with Crippen molar-refractivity contribution in [2.75, 3.05) is 0 Å². The largest absolute Gasteiger partial charge is 0.389 e. The highest BCUT2D eigenvalue weighted by molar-refractivity contribution is 4.52. The molecule has 0 aliphatic carbocycles. The van der Waals surface area contributed by atoms with Gasteiger partial charge in [0.1, 0.15) is 0 Å². The SMILES string of the molecule is CCCCCCCCCCCCCCCC(F)(F)F. The molecule has 19 heavy (non-hydrogen) atoms. The maximum Gasteiger partial charge on any atom is 0.389 e. The van der Waals surface area contributed by atoms with Crippen LogP contribution in [0.3, 0.4) is 0 Å². The van der Waals surface area contributed by atoms with Crippen molar-refractivity contribution in [3.8, 4) is 0 Å². The van der Waals surface area contributed by atoms with Crippen LogP contribution in [0.25, 0.3) is 0 Å². The average molecular weight is 280 g/mol. The lowest BCUT2D eigenvalue weighted by molar-refractivity contribution is -0.135. The topological polar surface area (TPSA) is 0 Å². The Morgan fingerprint density at radius 1 is 0.526 bits per heavy atom. The van der Waals surface area contributed by atoms with Crippen molar-refractivity contribution in [3.05, 3.63) is 0 Å². The molecule has 0 fully saturated rings. The van der Waals surface area contributed by atoms with Gasteiger partial charge in [0, 0.05) is 6.42 Å². The number of unbranched alkanes of at least 4 members (excludes halogenated alkanes) is 12. The summed E-state index contributed by atoms with van der Waals surface area (Å²) in [7, 11) is 0. The van der Waals surface area contributed by atoms with Crippen LogP contribution in [0, 0.1) is 0 Å². The molecule has 0 aromatic carbocycles. The fourth-order valence-corrected chi connectivity index (χ4v) is 2.34. The minimum atomic E-state index is -3.96. The molecule has 116 valence electrons. The Morgan fingerprint density at radius 3 is 1.16 bits per heavy atom. The van der Waals surface area contributed by atoms with E-state index in [-0.39, 0.29) is 0 Å². The maximum atomic E-state index is 11.9. The van der Waals surface area contributed by atoms with Gasteiger partial charge in [-0.2, -0.15) is 13.2 Å². The molecule has 0 unspecified atom stereocenters. The Kier molecular flexibility index (Phi) is 12.7. The zero-order valence-electron chi connectivity index (χ0n) is 12.5. The van der Waals surface area contributed by atoms with Gasteiger partial charge >= 0.3 is 6.18 Å². The van der Waals surface area contributed by atoms with Crippen molar-refractivity contribution < 1.29 is 13.2 Å². The van der Waals surface area contributed by atoms with Gasteiger partial charge < -0.3 is 0 Å². The molecule has 0 radical (unpaired) electrons. The summed E-state index contributed by atoms with van der Waals surface area (Å²) >= 11 is 0. The summed E-state index contributed by atoms with van der Waals surface area (Å²) in [5.74, 6) is 0. The Balaban J connectivity index is 2.99. The summed E-state index contributed by atoms with van der Waals surface area (Å²) < 4.78 is 35.6. The molecule has 0 aromatic heterocycles. The molecular weight excluding hydrogens is 249 g/mol. The lowest BCUT2D eigenvalue weighted by Gasteiger charge is -2.05. The molecule has 0 aliphatic heterocycles. The summed E-state index contributed by atoms with van der Waals surface area (Å²) in [4.78, 5) is 0. The van der Waals surface area contributed by atoms with Gasteiger partial charge in [0.2, 0.25) is 0 Å². The summed E-state index contributed by atoms with van der Waals surface area (Å²) in [6.45, 7) is 2.23. The van der Waals surface area contributed by atoms with Crippen molar-refractivity contribution in [3.63, 3.8) is 0 Å². The van der Waals surface area contributed by atoms with Gasteiger partial charge in [0.25, 0.3) is 0 Å². The number of rotatable bonds is 13. The zero-order chi connectivity index (χ0) is 14.4. The maximum absolute atomic E-state index is 11.9. The van der Waals surface area contributed by atoms with E-state index in [1.54, 1.807) is 0 Å². The van der Waals surface area contributed by atoms with E-state index >= 15 is 0 Å². The quantitative estimate of drug-likeness (QED) is 0.318. The van der Waals surface area contributed by atoms with Crippen LogP contribution >= 0.6 is 0 Å².